The molecule has 0 saturated carbocycles. The molecule has 3 aliphatic rings. The largest absolute Gasteiger partial charge is 0.486 e. The highest BCUT2D eigenvalue weighted by molar-refractivity contribution is 5.98. The highest BCUT2D eigenvalue weighted by Crippen LogP contribution is 2.32. The highest BCUT2D eigenvalue weighted by atomic mass is 19.1. The summed E-state index contributed by atoms with van der Waals surface area (Å²) >= 11 is 0. The van der Waals surface area contributed by atoms with E-state index in [4.69, 9.17) is 9.47 Å². The van der Waals surface area contributed by atoms with E-state index in [-0.39, 0.29) is 23.9 Å². The molecule has 0 bridgehead atoms. The van der Waals surface area contributed by atoms with Crippen LogP contribution in [0.4, 0.5) is 4.39 Å². The van der Waals surface area contributed by atoms with E-state index in [9.17, 15) is 9.18 Å². The van der Waals surface area contributed by atoms with Gasteiger partial charge in [0.05, 0.1) is 0 Å². The van der Waals surface area contributed by atoms with Crippen molar-refractivity contribution in [2.75, 3.05) is 26.2 Å². The molecule has 5 rings (SSSR count). The molecule has 0 aliphatic carbocycles. The molecule has 1 fully saturated rings. The van der Waals surface area contributed by atoms with Crippen LogP contribution in [0, 0.1) is 5.82 Å². The maximum absolute atomic E-state index is 13.5. The number of ether oxygens (including phenoxy) is 2. The molecule has 2 aromatic rings. The molecule has 0 spiro atoms. The van der Waals surface area contributed by atoms with Crippen molar-refractivity contribution in [3.8, 4) is 11.5 Å². The van der Waals surface area contributed by atoms with Crippen LogP contribution in [0.3, 0.4) is 0 Å². The standard InChI is InChI=1S/C22H23FN2O3/c23-16-7-8-19-15(10-16)11-25(22(19)26)17-4-3-9-24(12-17)13-18-14-27-20-5-1-2-6-21(20)28-18/h1-2,5-8,10,17-18H,3-4,9,11-14H2/t17-,18-/m0/s1. The molecular weight excluding hydrogens is 359 g/mol. The molecule has 28 heavy (non-hydrogen) atoms. The highest BCUT2D eigenvalue weighted by Gasteiger charge is 2.36. The summed E-state index contributed by atoms with van der Waals surface area (Å²) in [4.78, 5) is 17.0. The quantitative estimate of drug-likeness (QED) is 0.818. The number of amides is 1. The fourth-order valence-electron chi connectivity index (χ4n) is 4.50. The van der Waals surface area contributed by atoms with Gasteiger partial charge < -0.3 is 14.4 Å². The van der Waals surface area contributed by atoms with Gasteiger partial charge in [-0.3, -0.25) is 9.69 Å². The molecule has 0 unspecified atom stereocenters. The number of likely N-dealkylation sites (tertiary alicyclic amines) is 1. The first-order valence-electron chi connectivity index (χ1n) is 9.87. The van der Waals surface area contributed by atoms with Crippen LogP contribution in [0.5, 0.6) is 11.5 Å². The van der Waals surface area contributed by atoms with Crippen molar-refractivity contribution in [1.29, 1.82) is 0 Å². The summed E-state index contributed by atoms with van der Waals surface area (Å²) < 4.78 is 25.4. The lowest BCUT2D eigenvalue weighted by Gasteiger charge is -2.39. The van der Waals surface area contributed by atoms with E-state index in [1.165, 1.54) is 12.1 Å². The van der Waals surface area contributed by atoms with E-state index in [0.29, 0.717) is 18.7 Å². The second kappa shape index (κ2) is 7.09. The summed E-state index contributed by atoms with van der Waals surface area (Å²) in [7, 11) is 0. The average molecular weight is 382 g/mol. The minimum atomic E-state index is -0.284. The Morgan fingerprint density at radius 2 is 2.00 bits per heavy atom. The van der Waals surface area contributed by atoms with Crippen LogP contribution < -0.4 is 9.47 Å². The third-order valence-corrected chi connectivity index (χ3v) is 5.85. The molecule has 5 nitrogen and oxygen atoms in total. The number of para-hydroxylation sites is 2. The molecular formula is C22H23FN2O3. The maximum atomic E-state index is 13.5. The molecule has 0 N–H and O–H groups in total. The normalized spacial score (nSPS) is 24.3. The number of fused-ring (bicyclic) bond motifs is 2. The predicted molar refractivity (Wildman–Crippen MR) is 102 cm³/mol. The molecule has 2 atom stereocenters. The van der Waals surface area contributed by atoms with Crippen molar-refractivity contribution >= 4 is 5.91 Å². The van der Waals surface area contributed by atoms with Gasteiger partial charge in [-0.25, -0.2) is 4.39 Å². The molecule has 0 aromatic heterocycles. The number of benzene rings is 2. The molecule has 3 aliphatic heterocycles. The molecule has 6 heteroatoms. The van der Waals surface area contributed by atoms with Crippen LogP contribution in [0.15, 0.2) is 42.5 Å². The van der Waals surface area contributed by atoms with Crippen molar-refractivity contribution < 1.29 is 18.7 Å². The van der Waals surface area contributed by atoms with E-state index in [0.717, 1.165) is 49.5 Å². The minimum absolute atomic E-state index is 0.0192. The summed E-state index contributed by atoms with van der Waals surface area (Å²) in [6.07, 6.45) is 1.99. The Kier molecular flexibility index (Phi) is 4.43. The lowest BCUT2D eigenvalue weighted by atomic mass is 10.0. The zero-order chi connectivity index (χ0) is 19.1. The lowest BCUT2D eigenvalue weighted by Crippen LogP contribution is -2.51. The van der Waals surface area contributed by atoms with E-state index in [1.54, 1.807) is 6.07 Å². The Labute approximate surface area is 163 Å². The van der Waals surface area contributed by atoms with Crippen molar-refractivity contribution in [1.82, 2.24) is 9.80 Å². The minimum Gasteiger partial charge on any atom is -0.486 e. The zero-order valence-electron chi connectivity index (χ0n) is 15.6. The number of nitrogens with zero attached hydrogens (tertiary/aromatic N) is 2. The molecule has 1 saturated heterocycles. The number of hydrogen-bond donors (Lipinski definition) is 0. The number of carbonyl (C=O) groups is 1. The van der Waals surface area contributed by atoms with Gasteiger partial charge in [-0.15, -0.1) is 0 Å². The van der Waals surface area contributed by atoms with Crippen LogP contribution in [0.1, 0.15) is 28.8 Å². The van der Waals surface area contributed by atoms with Gasteiger partial charge in [-0.1, -0.05) is 12.1 Å². The third-order valence-electron chi connectivity index (χ3n) is 5.85. The van der Waals surface area contributed by atoms with Crippen molar-refractivity contribution in [2.24, 2.45) is 0 Å². The topological polar surface area (TPSA) is 42.0 Å². The zero-order valence-corrected chi connectivity index (χ0v) is 15.6. The van der Waals surface area contributed by atoms with Gasteiger partial charge in [-0.05, 0) is 55.3 Å². The molecule has 1 amide bonds. The van der Waals surface area contributed by atoms with Crippen molar-refractivity contribution in [3.05, 3.63) is 59.4 Å². The maximum Gasteiger partial charge on any atom is 0.254 e. The van der Waals surface area contributed by atoms with E-state index in [2.05, 4.69) is 4.90 Å². The number of halogens is 1. The summed E-state index contributed by atoms with van der Waals surface area (Å²) in [6.45, 7) is 3.60. The van der Waals surface area contributed by atoms with Crippen LogP contribution in [0.25, 0.3) is 0 Å². The Balaban J connectivity index is 1.23. The Bertz CT molecular complexity index is 903. The van der Waals surface area contributed by atoms with Crippen LogP contribution in [0.2, 0.25) is 0 Å². The van der Waals surface area contributed by atoms with Gasteiger partial charge in [-0.2, -0.15) is 0 Å². The second-order valence-corrected chi connectivity index (χ2v) is 7.79. The first kappa shape index (κ1) is 17.5. The summed E-state index contributed by atoms with van der Waals surface area (Å²) in [6, 6.07) is 12.3. The van der Waals surface area contributed by atoms with Crippen molar-refractivity contribution in [2.45, 2.75) is 31.5 Å². The summed E-state index contributed by atoms with van der Waals surface area (Å²) in [5.41, 5.74) is 1.43. The number of rotatable bonds is 3. The third kappa shape index (κ3) is 3.22. The van der Waals surface area contributed by atoms with Gasteiger partial charge in [0.1, 0.15) is 18.5 Å². The van der Waals surface area contributed by atoms with Gasteiger partial charge >= 0.3 is 0 Å². The van der Waals surface area contributed by atoms with Crippen LogP contribution in [-0.2, 0) is 6.54 Å². The molecule has 146 valence electrons. The fraction of sp³-hybridized carbons (Fsp3) is 0.409. The number of hydrogen-bond acceptors (Lipinski definition) is 4. The summed E-state index contributed by atoms with van der Waals surface area (Å²) in [5, 5.41) is 0. The van der Waals surface area contributed by atoms with Crippen molar-refractivity contribution in [3.63, 3.8) is 0 Å². The van der Waals surface area contributed by atoms with Gasteiger partial charge in [0.2, 0.25) is 0 Å². The Morgan fingerprint density at radius 1 is 1.14 bits per heavy atom. The lowest BCUT2D eigenvalue weighted by molar-refractivity contribution is 0.0306. The van der Waals surface area contributed by atoms with E-state index >= 15 is 0 Å². The van der Waals surface area contributed by atoms with E-state index in [1.807, 2.05) is 29.2 Å². The summed E-state index contributed by atoms with van der Waals surface area (Å²) in [5.74, 6) is 1.32. The van der Waals surface area contributed by atoms with Crippen LogP contribution >= 0.6 is 0 Å². The van der Waals surface area contributed by atoms with Gasteiger partial charge in [0.25, 0.3) is 5.91 Å². The van der Waals surface area contributed by atoms with Gasteiger partial charge in [0, 0.05) is 31.2 Å². The average Bonchev–Trinajstić information content (AvgIpc) is 3.04. The monoisotopic (exact) mass is 382 g/mol. The molecule has 2 aromatic carbocycles. The van der Waals surface area contributed by atoms with E-state index < -0.39 is 0 Å². The molecule has 0 radical (unpaired) electrons. The smallest absolute Gasteiger partial charge is 0.254 e. The Hall–Kier alpha value is -2.60. The first-order chi connectivity index (χ1) is 13.7. The van der Waals surface area contributed by atoms with Crippen LogP contribution in [-0.4, -0.2) is 54.1 Å². The first-order valence-corrected chi connectivity index (χ1v) is 9.87. The van der Waals surface area contributed by atoms with Gasteiger partial charge in [0.15, 0.2) is 11.5 Å². The number of piperidine rings is 1. The Morgan fingerprint density at radius 3 is 2.89 bits per heavy atom. The number of carbonyl (C=O) groups excluding carboxylic acids is 1. The SMILES string of the molecule is O=C1c2ccc(F)cc2CN1[C@H]1CCCN(C[C@H]2COc3ccccc3O2)C1. The molecule has 3 heterocycles. The predicted octanol–water partition coefficient (Wildman–Crippen LogP) is 3.09. The second-order valence-electron chi connectivity index (χ2n) is 7.79. The fourth-order valence-corrected chi connectivity index (χ4v) is 4.50.